The lowest BCUT2D eigenvalue weighted by Gasteiger charge is -2.38. The molecule has 122 valence electrons. The molecule has 2 aliphatic heterocycles. The quantitative estimate of drug-likeness (QED) is 0.811. The second-order valence-electron chi connectivity index (χ2n) is 8.43. The van der Waals surface area contributed by atoms with E-state index in [0.717, 1.165) is 24.7 Å². The van der Waals surface area contributed by atoms with E-state index in [9.17, 15) is 4.79 Å². The summed E-state index contributed by atoms with van der Waals surface area (Å²) in [6.45, 7) is 11.9. The van der Waals surface area contributed by atoms with E-state index in [1.54, 1.807) is 0 Å². The van der Waals surface area contributed by atoms with Gasteiger partial charge in [0, 0.05) is 17.7 Å². The third kappa shape index (κ3) is 4.40. The van der Waals surface area contributed by atoms with Crippen LogP contribution in [-0.2, 0) is 4.79 Å². The Balaban J connectivity index is 2.03. The molecule has 0 aliphatic carbocycles. The van der Waals surface area contributed by atoms with E-state index in [1.165, 1.54) is 25.0 Å². The minimum atomic E-state index is 0.279. The highest BCUT2D eigenvalue weighted by atomic mass is 32.2. The van der Waals surface area contributed by atoms with E-state index in [1.807, 2.05) is 0 Å². The van der Waals surface area contributed by atoms with Gasteiger partial charge in [-0.3, -0.25) is 4.79 Å². The Hall–Kier alpha value is -0.180. The molecule has 0 spiro atoms. The predicted molar refractivity (Wildman–Crippen MR) is 92.5 cm³/mol. The molecule has 2 heterocycles. The van der Waals surface area contributed by atoms with E-state index in [2.05, 4.69) is 51.7 Å². The van der Waals surface area contributed by atoms with E-state index in [4.69, 9.17) is 0 Å². The maximum absolute atomic E-state index is 11.9. The number of fused-ring (bicyclic) bond motifs is 1. The molecule has 1 N–H and O–H groups in total. The van der Waals surface area contributed by atoms with E-state index in [-0.39, 0.29) is 5.91 Å². The van der Waals surface area contributed by atoms with Gasteiger partial charge < -0.3 is 5.32 Å². The van der Waals surface area contributed by atoms with Crippen molar-refractivity contribution >= 4 is 17.7 Å². The summed E-state index contributed by atoms with van der Waals surface area (Å²) >= 11 is 2.11. The van der Waals surface area contributed by atoms with Gasteiger partial charge in [-0.15, -0.1) is 0 Å². The van der Waals surface area contributed by atoms with Gasteiger partial charge in [0.05, 0.1) is 0 Å². The van der Waals surface area contributed by atoms with Gasteiger partial charge in [-0.1, -0.05) is 34.6 Å². The number of carbonyl (C=O) groups excluding carboxylic acids is 1. The molecule has 2 rings (SSSR count). The molecule has 0 aromatic heterocycles. The van der Waals surface area contributed by atoms with Gasteiger partial charge in [0.15, 0.2) is 0 Å². The van der Waals surface area contributed by atoms with Gasteiger partial charge in [0.2, 0.25) is 5.91 Å². The van der Waals surface area contributed by atoms with Crippen LogP contribution in [0.1, 0.15) is 66.7 Å². The second kappa shape index (κ2) is 6.93. The van der Waals surface area contributed by atoms with Crippen LogP contribution in [0.25, 0.3) is 0 Å². The molecule has 2 nitrogen and oxygen atoms in total. The molecule has 0 saturated carbocycles. The Morgan fingerprint density at radius 1 is 1.33 bits per heavy atom. The zero-order valence-electron chi connectivity index (χ0n) is 14.4. The third-order valence-corrected chi connectivity index (χ3v) is 7.06. The van der Waals surface area contributed by atoms with E-state index < -0.39 is 0 Å². The molecular weight excluding hydrogens is 278 g/mol. The average Bonchev–Trinajstić information content (AvgIpc) is 2.62. The fraction of sp³-hybridized carbons (Fsp3) is 0.944. The van der Waals surface area contributed by atoms with Gasteiger partial charge >= 0.3 is 0 Å². The number of thioether (sulfide) groups is 1. The molecule has 0 bridgehead atoms. The van der Waals surface area contributed by atoms with Crippen LogP contribution in [0.2, 0.25) is 0 Å². The molecular formula is C18H33NOS. The van der Waals surface area contributed by atoms with Crippen molar-refractivity contribution in [2.45, 2.75) is 78.0 Å². The lowest BCUT2D eigenvalue weighted by Crippen LogP contribution is -2.47. The Labute approximate surface area is 135 Å². The first-order valence-electron chi connectivity index (χ1n) is 8.70. The van der Waals surface area contributed by atoms with Crippen LogP contribution in [0, 0.1) is 23.2 Å². The Morgan fingerprint density at radius 3 is 2.71 bits per heavy atom. The molecule has 4 atom stereocenters. The first-order chi connectivity index (χ1) is 9.79. The average molecular weight is 312 g/mol. The number of carbonyl (C=O) groups is 1. The molecule has 2 saturated heterocycles. The molecule has 0 radical (unpaired) electrons. The zero-order valence-corrected chi connectivity index (χ0v) is 15.3. The summed E-state index contributed by atoms with van der Waals surface area (Å²) in [5.41, 5.74) is 0.302. The lowest BCUT2D eigenvalue weighted by atomic mass is 9.74. The van der Waals surface area contributed by atoms with Crippen molar-refractivity contribution in [3.63, 3.8) is 0 Å². The minimum Gasteiger partial charge on any atom is -0.352 e. The molecule has 4 unspecified atom stereocenters. The van der Waals surface area contributed by atoms with Crippen LogP contribution in [0.15, 0.2) is 0 Å². The molecule has 2 aliphatic rings. The van der Waals surface area contributed by atoms with Crippen molar-refractivity contribution in [1.82, 2.24) is 5.32 Å². The monoisotopic (exact) mass is 311 g/mol. The van der Waals surface area contributed by atoms with Gasteiger partial charge in [-0.25, -0.2) is 0 Å². The van der Waals surface area contributed by atoms with Crippen molar-refractivity contribution in [3.8, 4) is 0 Å². The minimum absolute atomic E-state index is 0.279. The summed E-state index contributed by atoms with van der Waals surface area (Å²) in [4.78, 5) is 11.9. The van der Waals surface area contributed by atoms with Crippen molar-refractivity contribution in [1.29, 1.82) is 0 Å². The summed E-state index contributed by atoms with van der Waals surface area (Å²) < 4.78 is 0. The van der Waals surface area contributed by atoms with Crippen molar-refractivity contribution in [2.75, 3.05) is 5.75 Å². The largest absolute Gasteiger partial charge is 0.352 e. The van der Waals surface area contributed by atoms with Crippen LogP contribution in [0.4, 0.5) is 0 Å². The fourth-order valence-electron chi connectivity index (χ4n) is 4.54. The lowest BCUT2D eigenvalue weighted by molar-refractivity contribution is -0.121. The first kappa shape index (κ1) is 17.2. The summed E-state index contributed by atoms with van der Waals surface area (Å²) in [5, 5.41) is 3.93. The SMILES string of the molecule is CC(C)CC(C)CC(C)(C)C1SCC2CCCC(=O)NC21. The van der Waals surface area contributed by atoms with E-state index in [0.29, 0.717) is 22.6 Å². The summed E-state index contributed by atoms with van der Waals surface area (Å²) in [6.07, 6.45) is 5.60. The van der Waals surface area contributed by atoms with Crippen LogP contribution >= 0.6 is 11.8 Å². The standard InChI is InChI=1S/C18H33NOS/c1-12(2)9-13(3)10-18(4,5)17-16-14(11-21-17)7-6-8-15(20)19-16/h12-14,16-17H,6-11H2,1-5H3,(H,19,20). The van der Waals surface area contributed by atoms with Gasteiger partial charge in [-0.05, 0) is 54.6 Å². The van der Waals surface area contributed by atoms with Crippen molar-refractivity contribution in [3.05, 3.63) is 0 Å². The molecule has 3 heteroatoms. The summed E-state index contributed by atoms with van der Waals surface area (Å²) in [6, 6.07) is 0.409. The maximum atomic E-state index is 11.9. The Morgan fingerprint density at radius 2 is 2.05 bits per heavy atom. The van der Waals surface area contributed by atoms with Crippen molar-refractivity contribution < 1.29 is 4.79 Å². The number of rotatable bonds is 5. The highest BCUT2D eigenvalue weighted by molar-refractivity contribution is 8.00. The fourth-order valence-corrected chi connectivity index (χ4v) is 6.41. The topological polar surface area (TPSA) is 29.1 Å². The second-order valence-corrected chi connectivity index (χ2v) is 9.60. The number of hydrogen-bond acceptors (Lipinski definition) is 2. The zero-order chi connectivity index (χ0) is 15.6. The number of hydrogen-bond donors (Lipinski definition) is 1. The molecule has 1 amide bonds. The predicted octanol–water partition coefficient (Wildman–Crippen LogP) is 4.49. The van der Waals surface area contributed by atoms with Gasteiger partial charge in [0.1, 0.15) is 0 Å². The Bertz CT molecular complexity index is 366. The normalized spacial score (nSPS) is 31.7. The summed E-state index contributed by atoms with van der Waals surface area (Å²) in [5.74, 6) is 3.75. The highest BCUT2D eigenvalue weighted by Crippen LogP contribution is 2.47. The van der Waals surface area contributed by atoms with Crippen molar-refractivity contribution in [2.24, 2.45) is 23.2 Å². The molecule has 0 aromatic carbocycles. The maximum Gasteiger partial charge on any atom is 0.220 e. The van der Waals surface area contributed by atoms with Gasteiger partial charge in [0.25, 0.3) is 0 Å². The highest BCUT2D eigenvalue weighted by Gasteiger charge is 2.46. The van der Waals surface area contributed by atoms with Crippen LogP contribution < -0.4 is 5.32 Å². The number of amides is 1. The third-order valence-electron chi connectivity index (χ3n) is 5.15. The smallest absolute Gasteiger partial charge is 0.220 e. The molecule has 0 aromatic rings. The number of nitrogens with one attached hydrogen (secondary N) is 1. The molecule has 2 fully saturated rings. The van der Waals surface area contributed by atoms with E-state index >= 15 is 0 Å². The van der Waals surface area contributed by atoms with Crippen LogP contribution in [-0.4, -0.2) is 23.0 Å². The van der Waals surface area contributed by atoms with Gasteiger partial charge in [-0.2, -0.15) is 11.8 Å². The summed E-state index contributed by atoms with van der Waals surface area (Å²) in [7, 11) is 0. The Kier molecular flexibility index (Phi) is 5.67. The van der Waals surface area contributed by atoms with Crippen LogP contribution in [0.5, 0.6) is 0 Å². The first-order valence-corrected chi connectivity index (χ1v) is 9.75. The van der Waals surface area contributed by atoms with Crippen LogP contribution in [0.3, 0.4) is 0 Å². The molecule has 21 heavy (non-hydrogen) atoms.